The van der Waals surface area contributed by atoms with Gasteiger partial charge in [-0.05, 0) is 54.3 Å². The van der Waals surface area contributed by atoms with Crippen LogP contribution in [0.2, 0.25) is 10.0 Å². The third-order valence-electron chi connectivity index (χ3n) is 3.68. The van der Waals surface area contributed by atoms with Crippen molar-refractivity contribution in [3.05, 3.63) is 74.8 Å². The minimum absolute atomic E-state index is 0.112. The molecule has 1 unspecified atom stereocenters. The van der Waals surface area contributed by atoms with Gasteiger partial charge in [0.25, 0.3) is 0 Å². The van der Waals surface area contributed by atoms with Gasteiger partial charge in [-0.3, -0.25) is 0 Å². The van der Waals surface area contributed by atoms with Crippen molar-refractivity contribution in [3.63, 3.8) is 0 Å². The number of rotatable bonds is 5. The molecule has 120 valence electrons. The molecule has 23 heavy (non-hydrogen) atoms. The van der Waals surface area contributed by atoms with Crippen molar-refractivity contribution in [1.29, 1.82) is 0 Å². The molecule has 0 aliphatic heterocycles. The van der Waals surface area contributed by atoms with Gasteiger partial charge in [0.05, 0.1) is 10.6 Å². The molecule has 0 heterocycles. The van der Waals surface area contributed by atoms with E-state index < -0.39 is 5.97 Å². The molecule has 0 aliphatic carbocycles. The maximum absolute atomic E-state index is 11.0. The number of aromatic carboxylic acids is 1. The molecule has 0 spiro atoms. The lowest BCUT2D eigenvalue weighted by Gasteiger charge is -2.12. The first kappa shape index (κ1) is 17.6. The van der Waals surface area contributed by atoms with Gasteiger partial charge in [0, 0.05) is 10.9 Å². The molecule has 2 nitrogen and oxygen atoms in total. The summed E-state index contributed by atoms with van der Waals surface area (Å²) in [7, 11) is 0. The SMILES string of the molecule is CCC(/C=C/c1ccc(C(=O)O)c(Cl)c1)c1cc(C)cc(Cl)c1. The molecule has 2 aromatic carbocycles. The lowest BCUT2D eigenvalue weighted by atomic mass is 9.94. The molecule has 0 aliphatic rings. The molecule has 0 saturated carbocycles. The average Bonchev–Trinajstić information content (AvgIpc) is 2.46. The topological polar surface area (TPSA) is 37.3 Å². The molecule has 4 heteroatoms. The summed E-state index contributed by atoms with van der Waals surface area (Å²) in [5, 5.41) is 9.98. The Morgan fingerprint density at radius 2 is 1.96 bits per heavy atom. The normalized spacial score (nSPS) is 12.5. The van der Waals surface area contributed by atoms with Crippen LogP contribution in [0.5, 0.6) is 0 Å². The van der Waals surface area contributed by atoms with Crippen LogP contribution in [0.1, 0.15) is 46.3 Å². The minimum atomic E-state index is -1.02. The van der Waals surface area contributed by atoms with E-state index in [1.165, 1.54) is 11.6 Å². The number of halogens is 2. The molecule has 2 aromatic rings. The van der Waals surface area contributed by atoms with Crippen LogP contribution < -0.4 is 0 Å². The monoisotopic (exact) mass is 348 g/mol. The Morgan fingerprint density at radius 3 is 2.52 bits per heavy atom. The predicted octanol–water partition coefficient (Wildman–Crippen LogP) is 6.21. The van der Waals surface area contributed by atoms with E-state index in [-0.39, 0.29) is 16.5 Å². The van der Waals surface area contributed by atoms with Gasteiger partial charge < -0.3 is 5.11 Å². The van der Waals surface area contributed by atoms with Crippen molar-refractivity contribution in [2.75, 3.05) is 0 Å². The van der Waals surface area contributed by atoms with Gasteiger partial charge in [0.1, 0.15) is 0 Å². The van der Waals surface area contributed by atoms with Gasteiger partial charge in [0.15, 0.2) is 0 Å². The smallest absolute Gasteiger partial charge is 0.337 e. The number of carboxylic acids is 1. The zero-order valence-corrected chi connectivity index (χ0v) is 14.5. The minimum Gasteiger partial charge on any atom is -0.478 e. The Hall–Kier alpha value is -1.77. The van der Waals surface area contributed by atoms with Crippen LogP contribution in [0.15, 0.2) is 42.5 Å². The highest BCUT2D eigenvalue weighted by Crippen LogP contribution is 2.27. The average molecular weight is 349 g/mol. The van der Waals surface area contributed by atoms with Crippen LogP contribution in [-0.2, 0) is 0 Å². The van der Waals surface area contributed by atoms with Crippen molar-refractivity contribution in [3.8, 4) is 0 Å². The van der Waals surface area contributed by atoms with Gasteiger partial charge in [-0.2, -0.15) is 0 Å². The summed E-state index contributed by atoms with van der Waals surface area (Å²) >= 11 is 12.1. The van der Waals surface area contributed by atoms with E-state index in [2.05, 4.69) is 19.1 Å². The fraction of sp³-hybridized carbons (Fsp3) is 0.211. The largest absolute Gasteiger partial charge is 0.478 e. The van der Waals surface area contributed by atoms with E-state index in [1.807, 2.05) is 25.1 Å². The Balaban J connectivity index is 2.26. The number of aryl methyl sites for hydroxylation is 1. The number of carbonyl (C=O) groups is 1. The van der Waals surface area contributed by atoms with E-state index in [4.69, 9.17) is 28.3 Å². The van der Waals surface area contributed by atoms with Gasteiger partial charge in [0.2, 0.25) is 0 Å². The van der Waals surface area contributed by atoms with Crippen LogP contribution in [0.4, 0.5) is 0 Å². The second-order valence-corrected chi connectivity index (χ2v) is 6.32. The Morgan fingerprint density at radius 1 is 1.22 bits per heavy atom. The van der Waals surface area contributed by atoms with Gasteiger partial charge in [-0.15, -0.1) is 0 Å². The maximum Gasteiger partial charge on any atom is 0.337 e. The van der Waals surface area contributed by atoms with Crippen molar-refractivity contribution in [1.82, 2.24) is 0 Å². The zero-order valence-electron chi connectivity index (χ0n) is 13.0. The Kier molecular flexibility index (Phi) is 5.86. The zero-order chi connectivity index (χ0) is 17.0. The molecular weight excluding hydrogens is 331 g/mol. The summed E-state index contributed by atoms with van der Waals surface area (Å²) in [6, 6.07) is 11.0. The summed E-state index contributed by atoms with van der Waals surface area (Å²) < 4.78 is 0. The number of carboxylic acid groups (broad SMARTS) is 1. The van der Waals surface area contributed by atoms with Crippen molar-refractivity contribution >= 4 is 35.2 Å². The molecule has 2 rings (SSSR count). The summed E-state index contributed by atoms with van der Waals surface area (Å²) in [5.74, 6) is -0.781. The van der Waals surface area contributed by atoms with Crippen molar-refractivity contribution in [2.45, 2.75) is 26.2 Å². The lowest BCUT2D eigenvalue weighted by molar-refractivity contribution is 0.0697. The number of hydrogen-bond acceptors (Lipinski definition) is 1. The van der Waals surface area contributed by atoms with Crippen LogP contribution >= 0.6 is 23.2 Å². The lowest BCUT2D eigenvalue weighted by Crippen LogP contribution is -1.97. The highest BCUT2D eigenvalue weighted by atomic mass is 35.5. The Bertz CT molecular complexity index is 731. The summed E-state index contributed by atoms with van der Waals surface area (Å²) in [5.41, 5.74) is 3.29. The second-order valence-electron chi connectivity index (χ2n) is 5.48. The molecule has 0 fully saturated rings. The summed E-state index contributed by atoms with van der Waals surface area (Å²) in [4.78, 5) is 11.0. The molecule has 1 atom stereocenters. The van der Waals surface area contributed by atoms with E-state index in [0.29, 0.717) is 0 Å². The second kappa shape index (κ2) is 7.67. The standard InChI is InChI=1S/C19H18Cl2O2/c1-3-14(15-8-12(2)9-16(20)11-15)6-4-13-5-7-17(19(22)23)18(21)10-13/h4-11,14H,3H2,1-2H3,(H,22,23)/b6-4+. The van der Waals surface area contributed by atoms with E-state index >= 15 is 0 Å². The van der Waals surface area contributed by atoms with Crippen LogP contribution in [0.3, 0.4) is 0 Å². The van der Waals surface area contributed by atoms with E-state index in [1.54, 1.807) is 12.1 Å². The van der Waals surface area contributed by atoms with Crippen molar-refractivity contribution in [2.24, 2.45) is 0 Å². The highest BCUT2D eigenvalue weighted by molar-refractivity contribution is 6.33. The molecule has 0 bridgehead atoms. The maximum atomic E-state index is 11.0. The third kappa shape index (κ3) is 4.60. The first-order valence-corrected chi connectivity index (χ1v) is 8.14. The third-order valence-corrected chi connectivity index (χ3v) is 4.21. The first-order chi connectivity index (χ1) is 10.9. The van der Waals surface area contributed by atoms with Crippen molar-refractivity contribution < 1.29 is 9.90 Å². The van der Waals surface area contributed by atoms with Crippen LogP contribution in [-0.4, -0.2) is 11.1 Å². The number of hydrogen-bond donors (Lipinski definition) is 1. The molecular formula is C19H18Cl2O2. The molecule has 0 aromatic heterocycles. The highest BCUT2D eigenvalue weighted by Gasteiger charge is 2.09. The van der Waals surface area contributed by atoms with Crippen LogP contribution in [0.25, 0.3) is 6.08 Å². The summed E-state index contributed by atoms with van der Waals surface area (Å²) in [6.45, 7) is 4.14. The van der Waals surface area contributed by atoms with Crippen LogP contribution in [0, 0.1) is 6.92 Å². The Labute approximate surface area is 146 Å². The fourth-order valence-corrected chi connectivity index (χ4v) is 3.07. The fourth-order valence-electron chi connectivity index (χ4n) is 2.50. The van der Waals surface area contributed by atoms with Gasteiger partial charge in [-0.1, -0.05) is 54.4 Å². The molecule has 0 radical (unpaired) electrons. The number of allylic oxidation sites excluding steroid dienone is 1. The molecule has 1 N–H and O–H groups in total. The number of benzene rings is 2. The first-order valence-electron chi connectivity index (χ1n) is 7.39. The van der Waals surface area contributed by atoms with E-state index in [9.17, 15) is 4.79 Å². The van der Waals surface area contributed by atoms with E-state index in [0.717, 1.165) is 22.6 Å². The predicted molar refractivity (Wildman–Crippen MR) is 96.7 cm³/mol. The quantitative estimate of drug-likeness (QED) is 0.697. The molecule has 0 saturated heterocycles. The summed E-state index contributed by atoms with van der Waals surface area (Å²) in [6.07, 6.45) is 5.00. The van der Waals surface area contributed by atoms with Gasteiger partial charge >= 0.3 is 5.97 Å². The van der Waals surface area contributed by atoms with Gasteiger partial charge in [-0.25, -0.2) is 4.79 Å². The molecule has 0 amide bonds.